The molecule has 0 aromatic heterocycles. The van der Waals surface area contributed by atoms with Crippen LogP contribution in [-0.4, -0.2) is 11.7 Å². The molecule has 0 spiro atoms. The molecule has 0 amide bonds. The van der Waals surface area contributed by atoms with Crippen LogP contribution in [0.5, 0.6) is 0 Å². The van der Waals surface area contributed by atoms with Gasteiger partial charge >= 0.3 is 0 Å². The third-order valence-corrected chi connectivity index (χ3v) is 4.02. The molecule has 0 bridgehead atoms. The van der Waals surface area contributed by atoms with Crippen LogP contribution < -0.4 is 5.73 Å². The fourth-order valence-corrected chi connectivity index (χ4v) is 1.91. The molecular formula is C14H23NO. The fourth-order valence-electron chi connectivity index (χ4n) is 1.91. The van der Waals surface area contributed by atoms with Crippen LogP contribution in [0.2, 0.25) is 0 Å². The molecule has 0 saturated carbocycles. The molecule has 1 aromatic carbocycles. The van der Waals surface area contributed by atoms with Crippen molar-refractivity contribution in [1.29, 1.82) is 0 Å². The zero-order valence-corrected chi connectivity index (χ0v) is 10.7. The fraction of sp³-hybridized carbons (Fsp3) is 0.571. The Balaban J connectivity index is 3.14. The predicted molar refractivity (Wildman–Crippen MR) is 68.2 cm³/mol. The van der Waals surface area contributed by atoms with Gasteiger partial charge in [0.2, 0.25) is 0 Å². The normalized spacial score (nSPS) is 18.9. The molecule has 2 heteroatoms. The molecule has 1 aromatic rings. The first kappa shape index (κ1) is 13.2. The molecule has 1 rings (SSSR count). The van der Waals surface area contributed by atoms with Crippen LogP contribution in [0.25, 0.3) is 0 Å². The van der Waals surface area contributed by atoms with Crippen LogP contribution in [0.3, 0.4) is 0 Å². The molecule has 2 atom stereocenters. The van der Waals surface area contributed by atoms with E-state index in [1.54, 1.807) is 0 Å². The first-order valence-electron chi connectivity index (χ1n) is 5.87. The molecule has 0 heterocycles. The summed E-state index contributed by atoms with van der Waals surface area (Å²) in [5.41, 5.74) is 6.77. The average molecular weight is 221 g/mol. The topological polar surface area (TPSA) is 46.2 Å². The average Bonchev–Trinajstić information content (AvgIpc) is 2.28. The van der Waals surface area contributed by atoms with Crippen LogP contribution in [0.15, 0.2) is 24.3 Å². The molecule has 90 valence electrons. The van der Waals surface area contributed by atoms with Gasteiger partial charge in [-0.15, -0.1) is 0 Å². The summed E-state index contributed by atoms with van der Waals surface area (Å²) in [6.07, 6.45) is 0.852. The van der Waals surface area contributed by atoms with Crippen molar-refractivity contribution in [3.8, 4) is 0 Å². The molecular weight excluding hydrogens is 198 g/mol. The summed E-state index contributed by atoms with van der Waals surface area (Å²) < 4.78 is 0. The van der Waals surface area contributed by atoms with Gasteiger partial charge < -0.3 is 10.8 Å². The smallest absolute Gasteiger partial charge is 0.0933 e. The first-order valence-corrected chi connectivity index (χ1v) is 5.87. The predicted octanol–water partition coefficient (Wildman–Crippen LogP) is 2.58. The van der Waals surface area contributed by atoms with Crippen molar-refractivity contribution in [2.24, 2.45) is 11.1 Å². The Morgan fingerprint density at radius 1 is 1.19 bits per heavy atom. The van der Waals surface area contributed by atoms with E-state index in [2.05, 4.69) is 6.92 Å². The molecule has 0 aliphatic heterocycles. The Hall–Kier alpha value is -0.860. The highest BCUT2D eigenvalue weighted by molar-refractivity contribution is 5.28. The van der Waals surface area contributed by atoms with Crippen LogP contribution in [0.4, 0.5) is 0 Å². The summed E-state index contributed by atoms with van der Waals surface area (Å²) >= 11 is 0. The van der Waals surface area contributed by atoms with Gasteiger partial charge in [-0.2, -0.15) is 0 Å². The zero-order chi connectivity index (χ0) is 12.4. The van der Waals surface area contributed by atoms with Gasteiger partial charge in [0.15, 0.2) is 0 Å². The van der Waals surface area contributed by atoms with Gasteiger partial charge in [0.1, 0.15) is 0 Å². The van der Waals surface area contributed by atoms with Gasteiger partial charge in [-0.3, -0.25) is 0 Å². The first-order chi connectivity index (χ1) is 7.37. The van der Waals surface area contributed by atoms with E-state index in [0.717, 1.165) is 12.0 Å². The molecule has 0 fully saturated rings. The number of aliphatic hydroxyl groups is 1. The summed E-state index contributed by atoms with van der Waals surface area (Å²) in [5.74, 6) is 0. The van der Waals surface area contributed by atoms with Crippen molar-refractivity contribution in [3.63, 3.8) is 0 Å². The second-order valence-corrected chi connectivity index (χ2v) is 5.06. The number of benzene rings is 1. The Bertz CT molecular complexity index is 336. The van der Waals surface area contributed by atoms with E-state index in [0.29, 0.717) is 6.54 Å². The lowest BCUT2D eigenvalue weighted by molar-refractivity contribution is -0.0646. The van der Waals surface area contributed by atoms with E-state index in [1.165, 1.54) is 5.56 Å². The molecule has 0 aliphatic carbocycles. The highest BCUT2D eigenvalue weighted by Gasteiger charge is 2.41. The lowest BCUT2D eigenvalue weighted by Gasteiger charge is -2.42. The molecule has 2 nitrogen and oxygen atoms in total. The summed E-state index contributed by atoms with van der Waals surface area (Å²) in [4.78, 5) is 0. The quantitative estimate of drug-likeness (QED) is 0.821. The van der Waals surface area contributed by atoms with E-state index < -0.39 is 5.60 Å². The van der Waals surface area contributed by atoms with E-state index in [1.807, 2.05) is 45.0 Å². The lowest BCUT2D eigenvalue weighted by atomic mass is 9.69. The van der Waals surface area contributed by atoms with Gasteiger partial charge in [-0.05, 0) is 25.8 Å². The molecule has 16 heavy (non-hydrogen) atoms. The maximum Gasteiger partial charge on any atom is 0.0933 e. The second kappa shape index (κ2) is 4.56. The van der Waals surface area contributed by atoms with Crippen molar-refractivity contribution in [3.05, 3.63) is 35.4 Å². The molecule has 0 aliphatic rings. The van der Waals surface area contributed by atoms with E-state index >= 15 is 0 Å². The molecule has 0 saturated heterocycles. The number of hydrogen-bond donors (Lipinski definition) is 2. The van der Waals surface area contributed by atoms with Crippen molar-refractivity contribution in [2.45, 2.75) is 39.7 Å². The number of rotatable bonds is 4. The largest absolute Gasteiger partial charge is 0.385 e. The van der Waals surface area contributed by atoms with Crippen molar-refractivity contribution < 1.29 is 5.11 Å². The van der Waals surface area contributed by atoms with Crippen molar-refractivity contribution in [1.82, 2.24) is 0 Å². The Kier molecular flexibility index (Phi) is 3.76. The molecule has 3 N–H and O–H groups in total. The zero-order valence-electron chi connectivity index (χ0n) is 10.7. The van der Waals surface area contributed by atoms with Gasteiger partial charge in [-0.25, -0.2) is 0 Å². The Labute approximate surface area is 98.5 Å². The Morgan fingerprint density at radius 2 is 1.69 bits per heavy atom. The standard InChI is InChI=1S/C14H23NO/c1-5-13(3,10-15)14(4,16)12-8-6-11(2)7-9-12/h6-9,16H,5,10,15H2,1-4H3. The number of hydrogen-bond acceptors (Lipinski definition) is 2. The van der Waals surface area contributed by atoms with Crippen molar-refractivity contribution >= 4 is 0 Å². The minimum absolute atomic E-state index is 0.289. The van der Waals surface area contributed by atoms with Crippen LogP contribution >= 0.6 is 0 Å². The summed E-state index contributed by atoms with van der Waals surface area (Å²) in [6.45, 7) is 8.47. The third-order valence-electron chi connectivity index (χ3n) is 4.02. The maximum absolute atomic E-state index is 10.7. The number of aryl methyl sites for hydroxylation is 1. The summed E-state index contributed by atoms with van der Waals surface area (Å²) in [6, 6.07) is 8.02. The maximum atomic E-state index is 10.7. The highest BCUT2D eigenvalue weighted by Crippen LogP contribution is 2.41. The van der Waals surface area contributed by atoms with Gasteiger partial charge in [-0.1, -0.05) is 43.7 Å². The summed E-state index contributed by atoms with van der Waals surface area (Å²) in [7, 11) is 0. The molecule has 0 radical (unpaired) electrons. The second-order valence-electron chi connectivity index (χ2n) is 5.06. The van der Waals surface area contributed by atoms with E-state index in [9.17, 15) is 5.11 Å². The van der Waals surface area contributed by atoms with Crippen LogP contribution in [0, 0.1) is 12.3 Å². The minimum Gasteiger partial charge on any atom is -0.385 e. The van der Waals surface area contributed by atoms with Crippen LogP contribution in [0.1, 0.15) is 38.3 Å². The Morgan fingerprint density at radius 3 is 2.06 bits per heavy atom. The van der Waals surface area contributed by atoms with Crippen LogP contribution in [-0.2, 0) is 5.60 Å². The monoisotopic (exact) mass is 221 g/mol. The van der Waals surface area contributed by atoms with E-state index in [-0.39, 0.29) is 5.41 Å². The van der Waals surface area contributed by atoms with Gasteiger partial charge in [0.25, 0.3) is 0 Å². The lowest BCUT2D eigenvalue weighted by Crippen LogP contribution is -2.46. The highest BCUT2D eigenvalue weighted by atomic mass is 16.3. The van der Waals surface area contributed by atoms with Gasteiger partial charge in [0, 0.05) is 12.0 Å². The minimum atomic E-state index is -0.885. The molecule has 2 unspecified atom stereocenters. The van der Waals surface area contributed by atoms with Crippen molar-refractivity contribution in [2.75, 3.05) is 6.54 Å². The SMILES string of the molecule is CCC(C)(CN)C(C)(O)c1ccc(C)cc1. The summed E-state index contributed by atoms with van der Waals surface area (Å²) in [5, 5.41) is 10.7. The third kappa shape index (κ3) is 2.13. The van der Waals surface area contributed by atoms with E-state index in [4.69, 9.17) is 5.73 Å². The van der Waals surface area contributed by atoms with Gasteiger partial charge in [0.05, 0.1) is 5.60 Å². The number of nitrogens with two attached hydrogens (primary N) is 1.